The molecule has 5 atom stereocenters. The number of hydrogen-bond donors (Lipinski definition) is 2. The van der Waals surface area contributed by atoms with Crippen LogP contribution in [0.1, 0.15) is 60.5 Å². The van der Waals surface area contributed by atoms with Crippen LogP contribution in [0.3, 0.4) is 0 Å². The highest BCUT2D eigenvalue weighted by Crippen LogP contribution is 2.48. The predicted molar refractivity (Wildman–Crippen MR) is 147 cm³/mol. The summed E-state index contributed by atoms with van der Waals surface area (Å²) in [7, 11) is 1.61. The highest BCUT2D eigenvalue weighted by Gasteiger charge is 2.65. The summed E-state index contributed by atoms with van der Waals surface area (Å²) in [6, 6.07) is 7.51. The molecule has 0 aliphatic carbocycles. The fourth-order valence-electron chi connectivity index (χ4n) is 5.23. The Balaban J connectivity index is 2.01. The van der Waals surface area contributed by atoms with Crippen LogP contribution in [0.25, 0.3) is 0 Å². The summed E-state index contributed by atoms with van der Waals surface area (Å²) >= 11 is 0. The van der Waals surface area contributed by atoms with Gasteiger partial charge in [-0.15, -0.1) is 13.2 Å². The standard InChI is InChI=1S/C30H45NO8/c1-11-22(35-17-20-13-15-21(34-10)16-14-20)24-30(23(32)12-2,39-28(8,9)37-24)18-29(19-36-27(6,7)31-29)25(33)38-26(3,4)5/h11-16,22-24,31-32H,1-2,17-19H2,3-10H3/t22-,23-,24+,29+,30-/m1/s1. The Bertz CT molecular complexity index is 1030. The lowest BCUT2D eigenvalue weighted by Gasteiger charge is -2.43. The lowest BCUT2D eigenvalue weighted by molar-refractivity contribution is -0.191. The number of carbonyl (C=O) groups is 1. The zero-order valence-electron chi connectivity index (χ0n) is 24.5. The smallest absolute Gasteiger partial charge is 0.329 e. The molecule has 9 nitrogen and oxygen atoms in total. The zero-order chi connectivity index (χ0) is 29.3. The third-order valence-corrected chi connectivity index (χ3v) is 6.77. The summed E-state index contributed by atoms with van der Waals surface area (Å²) in [5, 5.41) is 14.8. The molecule has 0 saturated carbocycles. The molecule has 1 aromatic carbocycles. The van der Waals surface area contributed by atoms with E-state index in [4.69, 9.17) is 28.4 Å². The van der Waals surface area contributed by atoms with Gasteiger partial charge < -0.3 is 33.5 Å². The number of aliphatic hydroxyl groups excluding tert-OH is 1. The summed E-state index contributed by atoms with van der Waals surface area (Å²) in [5.74, 6) is -0.899. The average Bonchev–Trinajstić information content (AvgIpc) is 3.31. The number of carbonyl (C=O) groups excluding carboxylic acids is 1. The summed E-state index contributed by atoms with van der Waals surface area (Å²) in [5.41, 5.74) is -3.50. The molecule has 2 aliphatic rings. The van der Waals surface area contributed by atoms with Crippen molar-refractivity contribution < 1.29 is 38.3 Å². The molecule has 218 valence electrons. The van der Waals surface area contributed by atoms with Gasteiger partial charge in [-0.05, 0) is 66.2 Å². The van der Waals surface area contributed by atoms with Crippen LogP contribution in [0.2, 0.25) is 0 Å². The SMILES string of the molecule is C=C[C@@H](O)[C@@]1(C[C@@]2(C(=O)OC(C)(C)C)COC(C)(C)N2)OC(C)(C)O[C@H]1[C@@H](C=C)OCc1ccc(OC)cc1. The average molecular weight is 548 g/mol. The van der Waals surface area contributed by atoms with E-state index < -0.39 is 52.5 Å². The molecule has 0 aromatic heterocycles. The summed E-state index contributed by atoms with van der Waals surface area (Å²) in [6.45, 7) is 20.6. The van der Waals surface area contributed by atoms with Gasteiger partial charge in [-0.3, -0.25) is 5.32 Å². The van der Waals surface area contributed by atoms with Gasteiger partial charge in [0.05, 0.1) is 20.3 Å². The minimum absolute atomic E-state index is 0.00248. The van der Waals surface area contributed by atoms with E-state index in [0.29, 0.717) is 0 Å². The number of nitrogens with one attached hydrogen (secondary N) is 1. The number of methoxy groups -OCH3 is 1. The van der Waals surface area contributed by atoms with Gasteiger partial charge in [0.25, 0.3) is 0 Å². The number of aliphatic hydroxyl groups is 1. The lowest BCUT2D eigenvalue weighted by Crippen LogP contribution is -2.65. The summed E-state index contributed by atoms with van der Waals surface area (Å²) in [6.07, 6.45) is 0.143. The van der Waals surface area contributed by atoms with Crippen LogP contribution in [0.15, 0.2) is 49.6 Å². The predicted octanol–water partition coefficient (Wildman–Crippen LogP) is 4.03. The Hall–Kier alpha value is -2.27. The van der Waals surface area contributed by atoms with Gasteiger partial charge >= 0.3 is 5.97 Å². The molecule has 2 aliphatic heterocycles. The van der Waals surface area contributed by atoms with Crippen molar-refractivity contribution >= 4 is 5.97 Å². The largest absolute Gasteiger partial charge is 0.497 e. The molecule has 2 N–H and O–H groups in total. The van der Waals surface area contributed by atoms with Gasteiger partial charge in [0.15, 0.2) is 5.79 Å². The molecule has 0 radical (unpaired) electrons. The molecule has 3 rings (SSSR count). The highest BCUT2D eigenvalue weighted by atomic mass is 16.8. The molecule has 2 fully saturated rings. The molecule has 9 heteroatoms. The Morgan fingerprint density at radius 2 is 1.82 bits per heavy atom. The first-order valence-corrected chi connectivity index (χ1v) is 13.2. The summed E-state index contributed by atoms with van der Waals surface area (Å²) < 4.78 is 36.2. The second-order valence-corrected chi connectivity index (χ2v) is 12.2. The van der Waals surface area contributed by atoms with Gasteiger partial charge in [-0.2, -0.15) is 0 Å². The molecule has 0 unspecified atom stereocenters. The maximum Gasteiger partial charge on any atom is 0.329 e. The number of esters is 1. The minimum Gasteiger partial charge on any atom is -0.497 e. The van der Waals surface area contributed by atoms with E-state index in [1.165, 1.54) is 6.08 Å². The Morgan fingerprint density at radius 3 is 2.31 bits per heavy atom. The molecule has 0 spiro atoms. The van der Waals surface area contributed by atoms with Gasteiger partial charge in [0.1, 0.15) is 46.5 Å². The Labute approximate surface area is 232 Å². The van der Waals surface area contributed by atoms with Crippen LogP contribution in [-0.2, 0) is 35.1 Å². The van der Waals surface area contributed by atoms with E-state index in [2.05, 4.69) is 18.5 Å². The van der Waals surface area contributed by atoms with Crippen LogP contribution >= 0.6 is 0 Å². The minimum atomic E-state index is -1.47. The molecular formula is C30H45NO8. The van der Waals surface area contributed by atoms with Crippen molar-refractivity contribution in [1.29, 1.82) is 0 Å². The fourth-order valence-corrected chi connectivity index (χ4v) is 5.23. The quantitative estimate of drug-likeness (QED) is 0.314. The van der Waals surface area contributed by atoms with E-state index >= 15 is 0 Å². The van der Waals surface area contributed by atoms with Crippen molar-refractivity contribution in [3.8, 4) is 5.75 Å². The molecule has 0 bridgehead atoms. The van der Waals surface area contributed by atoms with Gasteiger partial charge in [-0.1, -0.05) is 24.3 Å². The van der Waals surface area contributed by atoms with Crippen molar-refractivity contribution in [2.45, 2.75) is 108 Å². The van der Waals surface area contributed by atoms with Crippen molar-refractivity contribution in [2.75, 3.05) is 13.7 Å². The van der Waals surface area contributed by atoms with E-state index in [1.807, 2.05) is 38.1 Å². The lowest BCUT2D eigenvalue weighted by atomic mass is 9.76. The first kappa shape index (κ1) is 31.3. The fraction of sp³-hybridized carbons (Fsp3) is 0.633. The topological polar surface area (TPSA) is 105 Å². The van der Waals surface area contributed by atoms with Crippen molar-refractivity contribution in [3.05, 3.63) is 55.1 Å². The third kappa shape index (κ3) is 7.09. The zero-order valence-corrected chi connectivity index (χ0v) is 24.5. The maximum absolute atomic E-state index is 13.8. The first-order valence-electron chi connectivity index (χ1n) is 13.2. The second kappa shape index (κ2) is 11.3. The van der Waals surface area contributed by atoms with Crippen LogP contribution in [-0.4, -0.2) is 71.4 Å². The normalized spacial score (nSPS) is 29.4. The molecule has 1 aromatic rings. The third-order valence-electron chi connectivity index (χ3n) is 6.77. The molecular weight excluding hydrogens is 502 g/mol. The van der Waals surface area contributed by atoms with Crippen molar-refractivity contribution in [3.63, 3.8) is 0 Å². The Kier molecular flexibility index (Phi) is 9.07. The molecule has 2 heterocycles. The van der Waals surface area contributed by atoms with E-state index in [1.54, 1.807) is 47.8 Å². The van der Waals surface area contributed by atoms with Crippen molar-refractivity contribution in [2.24, 2.45) is 0 Å². The number of rotatable bonds is 11. The maximum atomic E-state index is 13.8. The van der Waals surface area contributed by atoms with Crippen molar-refractivity contribution in [1.82, 2.24) is 5.32 Å². The van der Waals surface area contributed by atoms with Crippen LogP contribution < -0.4 is 10.1 Å². The second-order valence-electron chi connectivity index (χ2n) is 12.2. The van der Waals surface area contributed by atoms with Gasteiger partial charge in [0, 0.05) is 6.42 Å². The Morgan fingerprint density at radius 1 is 1.18 bits per heavy atom. The molecule has 0 amide bonds. The van der Waals surface area contributed by atoms with Crippen LogP contribution in [0.5, 0.6) is 5.75 Å². The van der Waals surface area contributed by atoms with E-state index in [0.717, 1.165) is 11.3 Å². The van der Waals surface area contributed by atoms with E-state index in [9.17, 15) is 9.90 Å². The van der Waals surface area contributed by atoms with Gasteiger partial charge in [0.2, 0.25) is 0 Å². The monoisotopic (exact) mass is 547 g/mol. The first-order chi connectivity index (χ1) is 18.0. The molecule has 2 saturated heterocycles. The molecule has 39 heavy (non-hydrogen) atoms. The van der Waals surface area contributed by atoms with Crippen LogP contribution in [0.4, 0.5) is 0 Å². The van der Waals surface area contributed by atoms with Gasteiger partial charge in [-0.25, -0.2) is 4.79 Å². The summed E-state index contributed by atoms with van der Waals surface area (Å²) in [4.78, 5) is 13.8. The van der Waals surface area contributed by atoms with E-state index in [-0.39, 0.29) is 19.6 Å². The number of ether oxygens (including phenoxy) is 6. The number of benzene rings is 1. The number of hydrogen-bond acceptors (Lipinski definition) is 9. The van der Waals surface area contributed by atoms with Crippen LogP contribution in [0, 0.1) is 0 Å². The highest BCUT2D eigenvalue weighted by molar-refractivity contribution is 5.82.